The first-order chi connectivity index (χ1) is 10.5. The lowest BCUT2D eigenvalue weighted by Gasteiger charge is -2.40. The molecule has 0 saturated heterocycles. The number of phenolic OH excluding ortho intramolecular Hbond substituents is 2. The van der Waals surface area contributed by atoms with Crippen molar-refractivity contribution in [2.45, 2.75) is 12.3 Å². The van der Waals surface area contributed by atoms with Crippen LogP contribution in [-0.2, 0) is 5.41 Å². The first kappa shape index (κ1) is 14.3. The zero-order valence-corrected chi connectivity index (χ0v) is 12.3. The van der Waals surface area contributed by atoms with Gasteiger partial charge < -0.3 is 15.3 Å². The zero-order chi connectivity index (χ0) is 15.7. The Morgan fingerprint density at radius 1 is 0.773 bits per heavy atom. The van der Waals surface area contributed by atoms with Crippen LogP contribution in [-0.4, -0.2) is 15.3 Å². The molecule has 2 aromatic rings. The summed E-state index contributed by atoms with van der Waals surface area (Å²) >= 11 is 0. The van der Waals surface area contributed by atoms with Gasteiger partial charge in [-0.25, -0.2) is 0 Å². The minimum atomic E-state index is -0.726. The van der Waals surface area contributed by atoms with Crippen molar-refractivity contribution >= 4 is 0 Å². The number of hydrogen-bond donors (Lipinski definition) is 3. The van der Waals surface area contributed by atoms with E-state index in [1.54, 1.807) is 30.3 Å². The highest BCUT2D eigenvalue weighted by Gasteiger charge is 2.43. The maximum Gasteiger partial charge on any atom is 0.115 e. The van der Waals surface area contributed by atoms with Gasteiger partial charge in [0.15, 0.2) is 0 Å². The second-order valence-corrected chi connectivity index (χ2v) is 5.63. The number of allylic oxidation sites excluding steroid dienone is 4. The lowest BCUT2D eigenvalue weighted by molar-refractivity contribution is 0.282. The Morgan fingerprint density at radius 3 is 1.64 bits per heavy atom. The minimum absolute atomic E-state index is 0.0200. The first-order valence-corrected chi connectivity index (χ1v) is 7.22. The number of benzene rings is 2. The van der Waals surface area contributed by atoms with E-state index in [1.165, 1.54) is 0 Å². The molecule has 0 aromatic heterocycles. The fourth-order valence-corrected chi connectivity index (χ4v) is 3.26. The maximum absolute atomic E-state index is 10.7. The topological polar surface area (TPSA) is 60.7 Å². The highest BCUT2D eigenvalue weighted by Crippen LogP contribution is 2.47. The molecule has 0 heterocycles. The number of aliphatic hydroxyl groups excluding tert-OH is 1. The molecule has 0 aliphatic heterocycles. The summed E-state index contributed by atoms with van der Waals surface area (Å²) in [5.74, 6) is 0.643. The smallest absolute Gasteiger partial charge is 0.115 e. The van der Waals surface area contributed by atoms with Gasteiger partial charge in [0.05, 0.1) is 5.41 Å². The second-order valence-electron chi connectivity index (χ2n) is 5.63. The van der Waals surface area contributed by atoms with Crippen molar-refractivity contribution in [3.05, 3.63) is 83.6 Å². The van der Waals surface area contributed by atoms with Crippen LogP contribution in [0.5, 0.6) is 11.5 Å². The van der Waals surface area contributed by atoms with E-state index in [4.69, 9.17) is 0 Å². The van der Waals surface area contributed by atoms with Crippen molar-refractivity contribution in [1.82, 2.24) is 0 Å². The fourth-order valence-electron chi connectivity index (χ4n) is 3.26. The van der Waals surface area contributed by atoms with Crippen LogP contribution >= 0.6 is 0 Å². The molecule has 0 spiro atoms. The van der Waals surface area contributed by atoms with Crippen LogP contribution in [0.1, 0.15) is 18.1 Å². The molecule has 1 atom stereocenters. The second kappa shape index (κ2) is 5.26. The van der Waals surface area contributed by atoms with Crippen LogP contribution in [0, 0.1) is 5.92 Å². The Morgan fingerprint density at radius 2 is 1.23 bits per heavy atom. The van der Waals surface area contributed by atoms with Crippen molar-refractivity contribution in [1.29, 1.82) is 0 Å². The summed E-state index contributed by atoms with van der Waals surface area (Å²) in [5, 5.41) is 29.8. The van der Waals surface area contributed by atoms with Crippen molar-refractivity contribution in [2.75, 3.05) is 0 Å². The molecule has 1 aliphatic carbocycles. The Hall–Kier alpha value is -2.68. The Labute approximate surface area is 129 Å². The van der Waals surface area contributed by atoms with Gasteiger partial charge >= 0.3 is 0 Å². The van der Waals surface area contributed by atoms with E-state index in [9.17, 15) is 15.3 Å². The Balaban J connectivity index is 2.27. The average molecular weight is 294 g/mol. The number of phenols is 2. The molecule has 0 saturated carbocycles. The highest BCUT2D eigenvalue weighted by molar-refractivity contribution is 5.52. The maximum atomic E-state index is 10.7. The van der Waals surface area contributed by atoms with Crippen LogP contribution in [0.3, 0.4) is 0 Å². The van der Waals surface area contributed by atoms with Gasteiger partial charge in [0.25, 0.3) is 0 Å². The van der Waals surface area contributed by atoms with Crippen molar-refractivity contribution < 1.29 is 15.3 Å². The first-order valence-electron chi connectivity index (χ1n) is 7.22. The molecule has 0 bridgehead atoms. The lowest BCUT2D eigenvalue weighted by Crippen LogP contribution is -2.37. The average Bonchev–Trinajstić information content (AvgIpc) is 2.51. The summed E-state index contributed by atoms with van der Waals surface area (Å²) in [5.41, 5.74) is 1.05. The van der Waals surface area contributed by atoms with Crippen LogP contribution in [0.2, 0.25) is 0 Å². The third kappa shape index (κ3) is 2.06. The van der Waals surface area contributed by atoms with Crippen LogP contribution in [0.15, 0.2) is 72.5 Å². The SMILES string of the molecule is CC1C=CC=C(O)C1(c1ccc(O)cc1)c1ccc(O)cc1. The standard InChI is InChI=1S/C19H18O3/c1-13-3-2-4-18(22)19(13,14-5-9-16(20)10-6-14)15-7-11-17(21)12-8-15/h2-13,20-22H,1H3. The quantitative estimate of drug-likeness (QED) is 0.783. The molecule has 1 aliphatic rings. The van der Waals surface area contributed by atoms with Gasteiger partial charge in [0.2, 0.25) is 0 Å². The number of rotatable bonds is 2. The molecule has 3 rings (SSSR count). The van der Waals surface area contributed by atoms with E-state index in [0.717, 1.165) is 11.1 Å². The fraction of sp³-hybridized carbons (Fsp3) is 0.158. The van der Waals surface area contributed by atoms with E-state index in [2.05, 4.69) is 0 Å². The van der Waals surface area contributed by atoms with Crippen LogP contribution in [0.4, 0.5) is 0 Å². The molecule has 2 aromatic carbocycles. The summed E-state index contributed by atoms with van der Waals surface area (Å²) in [7, 11) is 0. The van der Waals surface area contributed by atoms with E-state index >= 15 is 0 Å². The third-order valence-electron chi connectivity index (χ3n) is 4.39. The molecular weight excluding hydrogens is 276 g/mol. The summed E-state index contributed by atoms with van der Waals surface area (Å²) in [4.78, 5) is 0. The summed E-state index contributed by atoms with van der Waals surface area (Å²) in [6, 6.07) is 13.8. The van der Waals surface area contributed by atoms with E-state index in [-0.39, 0.29) is 23.2 Å². The zero-order valence-electron chi connectivity index (χ0n) is 12.3. The molecule has 1 unspecified atom stereocenters. The Bertz CT molecular complexity index is 679. The van der Waals surface area contributed by atoms with Gasteiger partial charge in [-0.05, 0) is 47.4 Å². The monoisotopic (exact) mass is 294 g/mol. The molecule has 0 amide bonds. The van der Waals surface area contributed by atoms with Crippen LogP contribution < -0.4 is 0 Å². The molecule has 3 N–H and O–H groups in total. The number of hydrogen-bond acceptors (Lipinski definition) is 3. The molecular formula is C19H18O3. The van der Waals surface area contributed by atoms with E-state index in [1.807, 2.05) is 43.3 Å². The summed E-state index contributed by atoms with van der Waals surface area (Å²) in [6.45, 7) is 2.04. The lowest BCUT2D eigenvalue weighted by atomic mass is 9.63. The molecule has 3 nitrogen and oxygen atoms in total. The predicted octanol–water partition coefficient (Wildman–Crippen LogP) is 4.03. The normalized spacial score (nSPS) is 19.7. The van der Waals surface area contributed by atoms with Crippen molar-refractivity contribution in [3.8, 4) is 11.5 Å². The third-order valence-corrected chi connectivity index (χ3v) is 4.39. The van der Waals surface area contributed by atoms with E-state index < -0.39 is 5.41 Å². The van der Waals surface area contributed by atoms with Gasteiger partial charge in [-0.3, -0.25) is 0 Å². The molecule has 3 heteroatoms. The summed E-state index contributed by atoms with van der Waals surface area (Å²) < 4.78 is 0. The highest BCUT2D eigenvalue weighted by atomic mass is 16.3. The van der Waals surface area contributed by atoms with Gasteiger partial charge in [-0.15, -0.1) is 0 Å². The molecule has 0 fully saturated rings. The summed E-state index contributed by atoms with van der Waals surface area (Å²) in [6.07, 6.45) is 5.58. The van der Waals surface area contributed by atoms with Gasteiger partial charge in [-0.2, -0.15) is 0 Å². The Kier molecular flexibility index (Phi) is 3.41. The molecule has 0 radical (unpaired) electrons. The number of aliphatic hydroxyl groups is 1. The van der Waals surface area contributed by atoms with Crippen molar-refractivity contribution in [2.24, 2.45) is 5.92 Å². The van der Waals surface area contributed by atoms with E-state index in [0.29, 0.717) is 0 Å². The van der Waals surface area contributed by atoms with Gasteiger partial charge in [0.1, 0.15) is 17.3 Å². The predicted molar refractivity (Wildman–Crippen MR) is 86.0 cm³/mol. The molecule has 22 heavy (non-hydrogen) atoms. The van der Waals surface area contributed by atoms with Gasteiger partial charge in [0, 0.05) is 0 Å². The largest absolute Gasteiger partial charge is 0.511 e. The molecule has 112 valence electrons. The number of aromatic hydroxyl groups is 2. The van der Waals surface area contributed by atoms with Crippen LogP contribution in [0.25, 0.3) is 0 Å². The minimum Gasteiger partial charge on any atom is -0.511 e. The van der Waals surface area contributed by atoms with Crippen molar-refractivity contribution in [3.63, 3.8) is 0 Å². The van der Waals surface area contributed by atoms with Gasteiger partial charge in [-0.1, -0.05) is 43.3 Å².